The average molecular weight is 264 g/mol. The molecule has 3 nitrogen and oxygen atoms in total. The lowest BCUT2D eigenvalue weighted by Crippen LogP contribution is -2.70. The van der Waals surface area contributed by atoms with E-state index < -0.39 is 7.14 Å². The molecule has 3 rings (SSSR count). The Hall–Kier alpha value is -0.630. The van der Waals surface area contributed by atoms with Crippen LogP contribution in [-0.4, -0.2) is 44.4 Å². The van der Waals surface area contributed by atoms with E-state index in [0.29, 0.717) is 5.41 Å². The van der Waals surface area contributed by atoms with Crippen molar-refractivity contribution in [3.8, 4) is 0 Å². The van der Waals surface area contributed by atoms with E-state index in [9.17, 15) is 4.57 Å². The molecule has 0 aromatic heterocycles. The molecule has 2 fully saturated rings. The third kappa shape index (κ3) is 2.27. The van der Waals surface area contributed by atoms with E-state index in [0.717, 1.165) is 11.8 Å². The normalized spacial score (nSPS) is 22.6. The maximum absolute atomic E-state index is 11.9. The fourth-order valence-electron chi connectivity index (χ4n) is 2.93. The van der Waals surface area contributed by atoms with Gasteiger partial charge in [-0.3, -0.25) is 4.90 Å². The van der Waals surface area contributed by atoms with Crippen molar-refractivity contribution in [2.45, 2.75) is 6.54 Å². The molecule has 0 saturated carbocycles. The molecule has 0 radical (unpaired) electrons. The molecule has 2 heterocycles. The molecule has 2 aliphatic heterocycles. The molecule has 1 aromatic rings. The van der Waals surface area contributed by atoms with Crippen molar-refractivity contribution in [2.75, 3.05) is 39.5 Å². The minimum atomic E-state index is -2.10. The van der Waals surface area contributed by atoms with Crippen LogP contribution in [-0.2, 0) is 11.1 Å². The second kappa shape index (κ2) is 4.19. The molecule has 1 spiro atoms. The Morgan fingerprint density at radius 2 is 1.83 bits per heavy atom. The lowest BCUT2D eigenvalue weighted by molar-refractivity contribution is -0.0444. The molecule has 18 heavy (non-hydrogen) atoms. The second-order valence-electron chi connectivity index (χ2n) is 6.27. The molecule has 2 aliphatic rings. The van der Waals surface area contributed by atoms with Gasteiger partial charge in [-0.25, -0.2) is 0 Å². The first-order valence-corrected chi connectivity index (χ1v) is 9.15. The van der Waals surface area contributed by atoms with Gasteiger partial charge < -0.3 is 9.88 Å². The van der Waals surface area contributed by atoms with Gasteiger partial charge in [0, 0.05) is 43.4 Å². The first-order chi connectivity index (χ1) is 8.47. The van der Waals surface area contributed by atoms with E-state index in [2.05, 4.69) is 22.3 Å². The number of hydrogen-bond donors (Lipinski definition) is 1. The lowest BCUT2D eigenvalue weighted by atomic mass is 9.74. The van der Waals surface area contributed by atoms with Gasteiger partial charge in [0.1, 0.15) is 7.14 Å². The van der Waals surface area contributed by atoms with Crippen molar-refractivity contribution in [3.63, 3.8) is 0 Å². The van der Waals surface area contributed by atoms with Crippen LogP contribution in [0.5, 0.6) is 0 Å². The summed E-state index contributed by atoms with van der Waals surface area (Å²) in [7, 11) is -2.10. The highest BCUT2D eigenvalue weighted by Crippen LogP contribution is 2.36. The van der Waals surface area contributed by atoms with Crippen molar-refractivity contribution in [3.05, 3.63) is 29.8 Å². The topological polar surface area (TPSA) is 32.3 Å². The highest BCUT2D eigenvalue weighted by atomic mass is 31.2. The summed E-state index contributed by atoms with van der Waals surface area (Å²) < 4.78 is 11.9. The van der Waals surface area contributed by atoms with Crippen molar-refractivity contribution < 1.29 is 4.57 Å². The minimum Gasteiger partial charge on any atom is -0.319 e. The highest BCUT2D eigenvalue weighted by Gasteiger charge is 2.46. The van der Waals surface area contributed by atoms with Crippen LogP contribution >= 0.6 is 7.14 Å². The van der Waals surface area contributed by atoms with Crippen molar-refractivity contribution >= 4 is 12.4 Å². The van der Waals surface area contributed by atoms with Crippen LogP contribution in [0, 0.1) is 5.41 Å². The van der Waals surface area contributed by atoms with E-state index >= 15 is 0 Å². The number of benzene rings is 1. The van der Waals surface area contributed by atoms with Crippen LogP contribution in [0.2, 0.25) is 0 Å². The summed E-state index contributed by atoms with van der Waals surface area (Å²) in [4.78, 5) is 2.49. The quantitative estimate of drug-likeness (QED) is 0.836. The second-order valence-corrected chi connectivity index (χ2v) is 9.48. The Bertz CT molecular complexity index is 479. The highest BCUT2D eigenvalue weighted by molar-refractivity contribution is 7.70. The van der Waals surface area contributed by atoms with E-state index in [4.69, 9.17) is 0 Å². The van der Waals surface area contributed by atoms with Gasteiger partial charge in [-0.05, 0) is 18.9 Å². The van der Waals surface area contributed by atoms with Gasteiger partial charge in [0.15, 0.2) is 0 Å². The third-order valence-corrected chi connectivity index (χ3v) is 5.62. The largest absolute Gasteiger partial charge is 0.319 e. The molecular formula is C14H21N2OP. The minimum absolute atomic E-state index is 0.600. The number of nitrogens with zero attached hydrogens (tertiary/aromatic N) is 1. The summed E-state index contributed by atoms with van der Waals surface area (Å²) in [5.41, 5.74) is 1.93. The summed E-state index contributed by atoms with van der Waals surface area (Å²) in [6, 6.07) is 8.30. The van der Waals surface area contributed by atoms with Gasteiger partial charge in [-0.15, -0.1) is 0 Å². The van der Waals surface area contributed by atoms with Gasteiger partial charge >= 0.3 is 0 Å². The average Bonchev–Trinajstić information content (AvgIpc) is 2.19. The van der Waals surface area contributed by atoms with Crippen molar-refractivity contribution in [1.82, 2.24) is 10.2 Å². The van der Waals surface area contributed by atoms with E-state index in [1.54, 1.807) is 0 Å². The molecule has 2 saturated heterocycles. The smallest absolute Gasteiger partial charge is 0.109 e. The van der Waals surface area contributed by atoms with Gasteiger partial charge in [0.25, 0.3) is 0 Å². The molecule has 1 aromatic carbocycles. The number of hydrogen-bond acceptors (Lipinski definition) is 3. The van der Waals surface area contributed by atoms with Gasteiger partial charge in [0.05, 0.1) is 0 Å². The molecule has 0 atom stereocenters. The summed E-state index contributed by atoms with van der Waals surface area (Å²) in [6.07, 6.45) is 0. The number of nitrogens with one attached hydrogen (secondary N) is 1. The van der Waals surface area contributed by atoms with Crippen LogP contribution in [0.1, 0.15) is 5.56 Å². The van der Waals surface area contributed by atoms with Crippen molar-refractivity contribution in [2.24, 2.45) is 5.41 Å². The molecule has 0 aliphatic carbocycles. The zero-order valence-corrected chi connectivity index (χ0v) is 12.0. The Morgan fingerprint density at radius 3 is 2.28 bits per heavy atom. The van der Waals surface area contributed by atoms with Gasteiger partial charge in [-0.2, -0.15) is 0 Å². The zero-order valence-electron chi connectivity index (χ0n) is 11.1. The zero-order chi connectivity index (χ0) is 12.8. The lowest BCUT2D eigenvalue weighted by Gasteiger charge is -2.56. The fourth-order valence-corrected chi connectivity index (χ4v) is 3.80. The third-order valence-electron chi connectivity index (χ3n) is 4.08. The van der Waals surface area contributed by atoms with Gasteiger partial charge in [-0.1, -0.05) is 24.3 Å². The van der Waals surface area contributed by atoms with Crippen LogP contribution in [0.15, 0.2) is 24.3 Å². The Kier molecular flexibility index (Phi) is 2.89. The molecule has 0 bridgehead atoms. The summed E-state index contributed by atoms with van der Waals surface area (Å²) in [5, 5.41) is 4.34. The van der Waals surface area contributed by atoms with Crippen LogP contribution in [0.3, 0.4) is 0 Å². The van der Waals surface area contributed by atoms with Crippen LogP contribution in [0.4, 0.5) is 0 Å². The summed E-state index contributed by atoms with van der Waals surface area (Å²) >= 11 is 0. The molecule has 0 amide bonds. The summed E-state index contributed by atoms with van der Waals surface area (Å²) in [5.74, 6) is 0. The van der Waals surface area contributed by atoms with E-state index in [1.165, 1.54) is 31.7 Å². The Labute approximate surface area is 109 Å². The van der Waals surface area contributed by atoms with E-state index in [-0.39, 0.29) is 0 Å². The van der Waals surface area contributed by atoms with Crippen LogP contribution in [0.25, 0.3) is 0 Å². The molecule has 4 heteroatoms. The number of rotatable bonds is 3. The molecule has 0 unspecified atom stereocenters. The molecule has 98 valence electrons. The van der Waals surface area contributed by atoms with Crippen LogP contribution < -0.4 is 10.6 Å². The van der Waals surface area contributed by atoms with Gasteiger partial charge in [0.2, 0.25) is 0 Å². The Balaban J connectivity index is 1.59. The predicted octanol–water partition coefficient (Wildman–Crippen LogP) is 1.34. The summed E-state index contributed by atoms with van der Waals surface area (Å²) in [6.45, 7) is 9.51. The van der Waals surface area contributed by atoms with E-state index in [1.807, 2.05) is 25.5 Å². The monoisotopic (exact) mass is 264 g/mol. The predicted molar refractivity (Wildman–Crippen MR) is 76.1 cm³/mol. The maximum Gasteiger partial charge on any atom is 0.109 e. The molecular weight excluding hydrogens is 243 g/mol. The molecule has 1 N–H and O–H groups in total. The first kappa shape index (κ1) is 12.4. The van der Waals surface area contributed by atoms with Crippen molar-refractivity contribution in [1.29, 1.82) is 0 Å². The maximum atomic E-state index is 11.9. The standard InChI is InChI=1S/C14H21N2OP/c1-18(2,17)13-5-3-12(4-6-13)7-16-10-14(11-16)8-15-9-14/h3-6,15H,7-11H2,1-2H3. The Morgan fingerprint density at radius 1 is 1.22 bits per heavy atom. The fraction of sp³-hybridized carbons (Fsp3) is 0.571. The first-order valence-electron chi connectivity index (χ1n) is 6.55. The number of likely N-dealkylation sites (tertiary alicyclic amines) is 1. The SMILES string of the molecule is CP(C)(=O)c1ccc(CN2CC3(CNC3)C2)cc1.